The number of anilines is 1. The SMILES string of the molecule is O=C(CCCCC1CCC(O)CC1)NC1CCC(Oc2cc(-n3c(C(F)F)nc4ccccc43)nc(N3CCOCC3)n2)CC1. The first-order valence-corrected chi connectivity index (χ1v) is 16.5. The average Bonchev–Trinajstić information content (AvgIpc) is 3.46. The van der Waals surface area contributed by atoms with Gasteiger partial charge in [0.1, 0.15) is 11.9 Å². The second-order valence-corrected chi connectivity index (χ2v) is 12.6. The Hall–Kier alpha value is -3.38. The smallest absolute Gasteiger partial charge is 0.296 e. The standard InChI is InChI=1S/C33H44F2N6O4/c34-31(35)32-37-26-6-2-3-7-27(26)41(32)28-21-30(39-33(38-28)40-17-19-44-20-18-40)45-25-15-11-23(12-16-25)36-29(43)8-4-1-5-22-9-13-24(42)14-10-22/h2-3,6-7,21-25,31,42H,1,4-5,8-20H2,(H,36,43). The maximum absolute atomic E-state index is 14.2. The molecule has 2 aliphatic carbocycles. The van der Waals surface area contributed by atoms with E-state index in [4.69, 9.17) is 19.4 Å². The van der Waals surface area contributed by atoms with Crippen molar-refractivity contribution in [1.82, 2.24) is 24.8 Å². The lowest BCUT2D eigenvalue weighted by Gasteiger charge is -2.30. The lowest BCUT2D eigenvalue weighted by molar-refractivity contribution is -0.122. The Morgan fingerprint density at radius 2 is 1.76 bits per heavy atom. The van der Waals surface area contributed by atoms with Gasteiger partial charge in [-0.3, -0.25) is 9.36 Å². The number of hydrogen-bond donors (Lipinski definition) is 2. The van der Waals surface area contributed by atoms with E-state index in [1.54, 1.807) is 30.3 Å². The Labute approximate surface area is 262 Å². The number of aromatic nitrogens is 4. The number of unbranched alkanes of at least 4 members (excludes halogenated alkanes) is 1. The van der Waals surface area contributed by atoms with Crippen molar-refractivity contribution in [2.24, 2.45) is 5.92 Å². The van der Waals surface area contributed by atoms with Gasteiger partial charge < -0.3 is 24.8 Å². The number of carbonyl (C=O) groups excluding carboxylic acids is 1. The number of benzene rings is 1. The molecule has 2 N–H and O–H groups in total. The summed E-state index contributed by atoms with van der Waals surface area (Å²) in [5.41, 5.74) is 1.00. The number of nitrogens with zero attached hydrogens (tertiary/aromatic N) is 5. The van der Waals surface area contributed by atoms with Crippen molar-refractivity contribution in [3.05, 3.63) is 36.2 Å². The Balaban J connectivity index is 1.07. The van der Waals surface area contributed by atoms with Crippen LogP contribution in [0.1, 0.15) is 89.3 Å². The molecule has 0 atom stereocenters. The molecule has 244 valence electrons. The lowest BCUT2D eigenvalue weighted by Crippen LogP contribution is -2.40. The highest BCUT2D eigenvalue weighted by molar-refractivity contribution is 5.78. The molecule has 3 heterocycles. The fourth-order valence-electron chi connectivity index (χ4n) is 6.86. The third-order valence-electron chi connectivity index (χ3n) is 9.39. The first-order valence-electron chi connectivity index (χ1n) is 16.5. The first kappa shape index (κ1) is 31.6. The van der Waals surface area contributed by atoms with Gasteiger partial charge in [-0.1, -0.05) is 25.0 Å². The summed E-state index contributed by atoms with van der Waals surface area (Å²) in [6.45, 7) is 2.23. The van der Waals surface area contributed by atoms with Gasteiger partial charge in [0.05, 0.1) is 30.4 Å². The summed E-state index contributed by atoms with van der Waals surface area (Å²) in [5.74, 6) is 1.45. The maximum Gasteiger partial charge on any atom is 0.296 e. The molecular formula is C33H44F2N6O4. The topological polar surface area (TPSA) is 115 Å². The zero-order valence-corrected chi connectivity index (χ0v) is 25.8. The number of ether oxygens (including phenoxy) is 2. The predicted octanol–water partition coefficient (Wildman–Crippen LogP) is 5.51. The molecular weight excluding hydrogens is 582 g/mol. The van der Waals surface area contributed by atoms with E-state index >= 15 is 0 Å². The molecule has 10 nitrogen and oxygen atoms in total. The number of imidazole rings is 1. The van der Waals surface area contributed by atoms with Crippen molar-refractivity contribution in [3.8, 4) is 11.7 Å². The third kappa shape index (κ3) is 8.07. The van der Waals surface area contributed by atoms with Crippen LogP contribution in [0.3, 0.4) is 0 Å². The van der Waals surface area contributed by atoms with Gasteiger partial charge >= 0.3 is 0 Å². The van der Waals surface area contributed by atoms with E-state index in [0.717, 1.165) is 70.6 Å². The number of nitrogens with one attached hydrogen (secondary N) is 1. The molecule has 0 radical (unpaired) electrons. The summed E-state index contributed by atoms with van der Waals surface area (Å²) in [7, 11) is 0. The summed E-state index contributed by atoms with van der Waals surface area (Å²) >= 11 is 0. The second-order valence-electron chi connectivity index (χ2n) is 12.6. The van der Waals surface area contributed by atoms with Gasteiger partial charge in [-0.25, -0.2) is 13.8 Å². The summed E-state index contributed by atoms with van der Waals surface area (Å²) in [6, 6.07) is 8.76. The fourth-order valence-corrected chi connectivity index (χ4v) is 6.86. The molecule has 0 spiro atoms. The van der Waals surface area contributed by atoms with Gasteiger partial charge in [0.25, 0.3) is 6.43 Å². The monoisotopic (exact) mass is 626 g/mol. The van der Waals surface area contributed by atoms with Crippen molar-refractivity contribution in [1.29, 1.82) is 0 Å². The van der Waals surface area contributed by atoms with Crippen LogP contribution >= 0.6 is 0 Å². The molecule has 1 saturated heterocycles. The molecule has 1 aliphatic heterocycles. The van der Waals surface area contributed by atoms with Crippen LogP contribution in [0.4, 0.5) is 14.7 Å². The van der Waals surface area contributed by atoms with E-state index < -0.39 is 6.43 Å². The van der Waals surface area contributed by atoms with Crippen molar-refractivity contribution in [2.45, 2.75) is 102 Å². The van der Waals surface area contributed by atoms with E-state index in [0.29, 0.717) is 61.5 Å². The van der Waals surface area contributed by atoms with Gasteiger partial charge in [-0.15, -0.1) is 0 Å². The molecule has 45 heavy (non-hydrogen) atoms. The van der Waals surface area contributed by atoms with Crippen LogP contribution in [-0.2, 0) is 9.53 Å². The van der Waals surface area contributed by atoms with Crippen LogP contribution in [0.15, 0.2) is 30.3 Å². The largest absolute Gasteiger partial charge is 0.474 e. The van der Waals surface area contributed by atoms with Crippen LogP contribution in [0.25, 0.3) is 16.9 Å². The third-order valence-corrected chi connectivity index (χ3v) is 9.39. The number of fused-ring (bicyclic) bond motifs is 1. The summed E-state index contributed by atoms with van der Waals surface area (Å²) in [5, 5.41) is 12.9. The molecule has 3 aliphatic rings. The van der Waals surface area contributed by atoms with Crippen molar-refractivity contribution >= 4 is 22.9 Å². The molecule has 3 aromatic rings. The molecule has 0 bridgehead atoms. The Kier molecular flexibility index (Phi) is 10.4. The lowest BCUT2D eigenvalue weighted by atomic mass is 9.84. The number of aliphatic hydroxyl groups is 1. The molecule has 6 rings (SSSR count). The molecule has 0 unspecified atom stereocenters. The van der Waals surface area contributed by atoms with Crippen molar-refractivity contribution in [2.75, 3.05) is 31.2 Å². The molecule has 3 fully saturated rings. The zero-order valence-electron chi connectivity index (χ0n) is 25.8. The van der Waals surface area contributed by atoms with Crippen LogP contribution < -0.4 is 15.0 Å². The number of halogens is 2. The molecule has 1 amide bonds. The number of hydrogen-bond acceptors (Lipinski definition) is 8. The Bertz CT molecular complexity index is 1420. The van der Waals surface area contributed by atoms with E-state index in [2.05, 4.69) is 10.3 Å². The highest BCUT2D eigenvalue weighted by Gasteiger charge is 2.27. The molecule has 2 aromatic heterocycles. The van der Waals surface area contributed by atoms with Gasteiger partial charge in [0.15, 0.2) is 5.82 Å². The van der Waals surface area contributed by atoms with Crippen LogP contribution in [0.2, 0.25) is 0 Å². The molecule has 2 saturated carbocycles. The normalized spacial score (nSPS) is 24.2. The average molecular weight is 627 g/mol. The molecule has 1 aromatic carbocycles. The number of para-hydroxylation sites is 2. The molecule has 12 heteroatoms. The number of morpholine rings is 1. The minimum atomic E-state index is -2.79. The minimum Gasteiger partial charge on any atom is -0.474 e. The highest BCUT2D eigenvalue weighted by atomic mass is 19.3. The summed E-state index contributed by atoms with van der Waals surface area (Å²) < 4.78 is 41.6. The van der Waals surface area contributed by atoms with Crippen LogP contribution in [-0.4, -0.2) is 75.1 Å². The van der Waals surface area contributed by atoms with Crippen molar-refractivity contribution in [3.63, 3.8) is 0 Å². The van der Waals surface area contributed by atoms with E-state index in [1.807, 2.05) is 4.90 Å². The zero-order chi connectivity index (χ0) is 31.2. The van der Waals surface area contributed by atoms with Gasteiger partial charge in [0.2, 0.25) is 17.7 Å². The van der Waals surface area contributed by atoms with Gasteiger partial charge in [-0.05, 0) is 75.8 Å². The maximum atomic E-state index is 14.2. The quantitative estimate of drug-likeness (QED) is 0.268. The Morgan fingerprint density at radius 1 is 1.00 bits per heavy atom. The van der Waals surface area contributed by atoms with E-state index in [-0.39, 0.29) is 35.8 Å². The van der Waals surface area contributed by atoms with Crippen LogP contribution in [0, 0.1) is 5.92 Å². The number of amides is 1. The predicted molar refractivity (Wildman–Crippen MR) is 166 cm³/mol. The Morgan fingerprint density at radius 3 is 2.51 bits per heavy atom. The van der Waals surface area contributed by atoms with Gasteiger partial charge in [0, 0.05) is 31.6 Å². The van der Waals surface area contributed by atoms with E-state index in [1.165, 1.54) is 4.57 Å². The van der Waals surface area contributed by atoms with E-state index in [9.17, 15) is 18.7 Å². The number of rotatable bonds is 11. The highest BCUT2D eigenvalue weighted by Crippen LogP contribution is 2.31. The summed E-state index contributed by atoms with van der Waals surface area (Å²) in [4.78, 5) is 28.2. The number of aliphatic hydroxyl groups excluding tert-OH is 1. The minimum absolute atomic E-state index is 0.108. The number of alkyl halides is 2. The van der Waals surface area contributed by atoms with Gasteiger partial charge in [-0.2, -0.15) is 9.97 Å². The second kappa shape index (κ2) is 14.8. The summed E-state index contributed by atoms with van der Waals surface area (Å²) in [6.07, 6.45) is 7.73. The van der Waals surface area contributed by atoms with Crippen LogP contribution in [0.5, 0.6) is 5.88 Å². The van der Waals surface area contributed by atoms with Crippen molar-refractivity contribution < 1.29 is 28.2 Å². The fraction of sp³-hybridized carbons (Fsp3) is 0.636. The number of carbonyl (C=O) groups is 1. The first-order chi connectivity index (χ1) is 21.9.